The molecule has 0 bridgehead atoms. The van der Waals surface area contributed by atoms with Gasteiger partial charge >= 0.3 is 0 Å². The van der Waals surface area contributed by atoms with Gasteiger partial charge in [0.25, 0.3) is 0 Å². The second kappa shape index (κ2) is 3.35. The van der Waals surface area contributed by atoms with Crippen LogP contribution in [0, 0.1) is 0 Å². The Bertz CT molecular complexity index is 510. The van der Waals surface area contributed by atoms with Gasteiger partial charge in [-0.05, 0) is 29.6 Å². The summed E-state index contributed by atoms with van der Waals surface area (Å²) in [6.07, 6.45) is 4.86. The van der Waals surface area contributed by atoms with Crippen molar-refractivity contribution in [2.45, 2.75) is 32.0 Å². The van der Waals surface area contributed by atoms with E-state index < -0.39 is 0 Å². The second-order valence-corrected chi connectivity index (χ2v) is 5.48. The Morgan fingerprint density at radius 2 is 2.27 bits per heavy atom. The summed E-state index contributed by atoms with van der Waals surface area (Å²) in [7, 11) is 2.90. The average molecular weight is 217 g/mol. The van der Waals surface area contributed by atoms with E-state index in [9.17, 15) is 0 Å². The molecule has 2 unspecified atom stereocenters. The molecule has 0 radical (unpaired) electrons. The monoisotopic (exact) mass is 217 g/mol. The highest BCUT2D eigenvalue weighted by Gasteiger charge is 2.16. The lowest BCUT2D eigenvalue weighted by atomic mass is 10.0. The van der Waals surface area contributed by atoms with Crippen molar-refractivity contribution in [1.82, 2.24) is 4.57 Å². The minimum absolute atomic E-state index is 0.544. The van der Waals surface area contributed by atoms with E-state index in [1.54, 1.807) is 0 Å². The highest BCUT2D eigenvalue weighted by atomic mass is 31.0. The summed E-state index contributed by atoms with van der Waals surface area (Å²) in [5.74, 6) is 0. The quantitative estimate of drug-likeness (QED) is 0.644. The predicted octanol–water partition coefficient (Wildman–Crippen LogP) is 3.52. The van der Waals surface area contributed by atoms with Crippen LogP contribution in [0.15, 0.2) is 24.4 Å². The normalized spacial score (nSPS) is 16.9. The second-order valence-electron chi connectivity index (χ2n) is 4.48. The number of benzene rings is 1. The Balaban J connectivity index is 2.38. The van der Waals surface area contributed by atoms with Crippen molar-refractivity contribution in [1.29, 1.82) is 0 Å². The van der Waals surface area contributed by atoms with Crippen molar-refractivity contribution in [2.75, 3.05) is 0 Å². The van der Waals surface area contributed by atoms with Gasteiger partial charge in [0.1, 0.15) is 0 Å². The van der Waals surface area contributed by atoms with Gasteiger partial charge in [-0.25, -0.2) is 0 Å². The number of rotatable bonds is 1. The van der Waals surface area contributed by atoms with E-state index in [-0.39, 0.29) is 0 Å². The minimum atomic E-state index is 0.544. The van der Waals surface area contributed by atoms with Crippen LogP contribution in [0.5, 0.6) is 0 Å². The summed E-state index contributed by atoms with van der Waals surface area (Å²) in [6, 6.07) is 6.73. The Morgan fingerprint density at radius 1 is 1.40 bits per heavy atom. The lowest BCUT2D eigenvalue weighted by Crippen LogP contribution is -2.05. The maximum absolute atomic E-state index is 2.90. The van der Waals surface area contributed by atoms with Crippen molar-refractivity contribution >= 4 is 20.1 Å². The first-order valence-electron chi connectivity index (χ1n) is 5.63. The average Bonchev–Trinajstić information content (AvgIpc) is 2.61. The number of aromatic nitrogens is 1. The van der Waals surface area contributed by atoms with Gasteiger partial charge in [0.05, 0.1) is 5.52 Å². The van der Waals surface area contributed by atoms with Crippen LogP contribution in [-0.4, -0.2) is 4.57 Å². The van der Waals surface area contributed by atoms with Crippen LogP contribution >= 0.6 is 9.24 Å². The van der Waals surface area contributed by atoms with E-state index in [0.29, 0.717) is 5.66 Å². The third-order valence-electron chi connectivity index (χ3n) is 3.35. The van der Waals surface area contributed by atoms with E-state index in [1.165, 1.54) is 41.4 Å². The van der Waals surface area contributed by atoms with Crippen molar-refractivity contribution in [3.05, 3.63) is 35.5 Å². The van der Waals surface area contributed by atoms with Crippen molar-refractivity contribution < 1.29 is 0 Å². The number of aryl methyl sites for hydroxylation is 2. The lowest BCUT2D eigenvalue weighted by Gasteiger charge is -2.14. The molecule has 2 heterocycles. The van der Waals surface area contributed by atoms with Crippen LogP contribution in [-0.2, 0) is 13.0 Å². The molecule has 2 atom stereocenters. The van der Waals surface area contributed by atoms with Crippen LogP contribution in [0.1, 0.15) is 30.1 Å². The molecule has 0 saturated heterocycles. The molecule has 1 aliphatic heterocycles. The molecule has 1 aromatic carbocycles. The highest BCUT2D eigenvalue weighted by molar-refractivity contribution is 7.17. The molecule has 15 heavy (non-hydrogen) atoms. The van der Waals surface area contributed by atoms with Crippen molar-refractivity contribution in [3.63, 3.8) is 0 Å². The van der Waals surface area contributed by atoms with Gasteiger partial charge in [0.15, 0.2) is 0 Å². The fourth-order valence-corrected chi connectivity index (χ4v) is 2.91. The van der Waals surface area contributed by atoms with Gasteiger partial charge in [0, 0.05) is 18.1 Å². The summed E-state index contributed by atoms with van der Waals surface area (Å²) >= 11 is 0. The molecule has 2 aromatic rings. The Labute approximate surface area is 92.7 Å². The first-order valence-corrected chi connectivity index (χ1v) is 6.30. The summed E-state index contributed by atoms with van der Waals surface area (Å²) in [4.78, 5) is 0. The topological polar surface area (TPSA) is 4.93 Å². The fraction of sp³-hybridized carbons (Fsp3) is 0.385. The third-order valence-corrected chi connectivity index (χ3v) is 3.71. The van der Waals surface area contributed by atoms with Gasteiger partial charge < -0.3 is 4.57 Å². The molecular formula is C13H16NP. The third kappa shape index (κ3) is 1.33. The Kier molecular flexibility index (Phi) is 2.10. The zero-order valence-electron chi connectivity index (χ0n) is 9.03. The lowest BCUT2D eigenvalue weighted by molar-refractivity contribution is 0.634. The van der Waals surface area contributed by atoms with Crippen LogP contribution in [0.25, 0.3) is 10.9 Å². The van der Waals surface area contributed by atoms with Gasteiger partial charge in [0.2, 0.25) is 0 Å². The molecule has 1 aromatic heterocycles. The van der Waals surface area contributed by atoms with Gasteiger partial charge in [-0.15, -0.1) is 9.24 Å². The van der Waals surface area contributed by atoms with Gasteiger partial charge in [-0.2, -0.15) is 0 Å². The minimum Gasteiger partial charge on any atom is -0.347 e. The molecule has 1 nitrogen and oxygen atoms in total. The van der Waals surface area contributed by atoms with E-state index >= 15 is 0 Å². The molecule has 0 aliphatic carbocycles. The molecule has 3 rings (SSSR count). The molecule has 78 valence electrons. The van der Waals surface area contributed by atoms with E-state index in [2.05, 4.69) is 45.1 Å². The van der Waals surface area contributed by atoms with Crippen LogP contribution in [0.3, 0.4) is 0 Å². The summed E-state index contributed by atoms with van der Waals surface area (Å²) in [5.41, 5.74) is 5.02. The van der Waals surface area contributed by atoms with E-state index in [0.717, 1.165) is 0 Å². The smallest absolute Gasteiger partial charge is 0.0515 e. The molecule has 0 saturated carbocycles. The Morgan fingerprint density at radius 3 is 3.07 bits per heavy atom. The summed E-state index contributed by atoms with van der Waals surface area (Å²) in [6.45, 7) is 3.43. The first kappa shape index (κ1) is 9.42. The Hall–Kier alpha value is -0.810. The van der Waals surface area contributed by atoms with E-state index in [1.807, 2.05) is 0 Å². The maximum Gasteiger partial charge on any atom is 0.0515 e. The van der Waals surface area contributed by atoms with Gasteiger partial charge in [-0.1, -0.05) is 25.1 Å². The summed E-state index contributed by atoms with van der Waals surface area (Å²) in [5, 5.41) is 1.45. The zero-order valence-corrected chi connectivity index (χ0v) is 10.2. The fourth-order valence-electron chi connectivity index (χ4n) is 2.65. The van der Waals surface area contributed by atoms with Crippen molar-refractivity contribution in [2.24, 2.45) is 0 Å². The SMILES string of the molecule is CC(P)c1cn2c3c(cccc13)CCC2. The number of hydrogen-bond acceptors (Lipinski definition) is 0. The van der Waals surface area contributed by atoms with Crippen LogP contribution in [0.4, 0.5) is 0 Å². The molecule has 0 N–H and O–H groups in total. The molecule has 1 aliphatic rings. The highest BCUT2D eigenvalue weighted by Crippen LogP contribution is 2.35. The number of para-hydroxylation sites is 1. The number of hydrogen-bond donors (Lipinski definition) is 0. The first-order chi connectivity index (χ1) is 7.27. The van der Waals surface area contributed by atoms with Crippen molar-refractivity contribution in [3.8, 4) is 0 Å². The molecule has 0 amide bonds. The predicted molar refractivity (Wildman–Crippen MR) is 68.4 cm³/mol. The van der Waals surface area contributed by atoms with E-state index in [4.69, 9.17) is 0 Å². The standard InChI is InChI=1S/C13H16NP/c1-9(15)12-8-14-7-3-5-10-4-2-6-11(12)13(10)14/h2,4,6,8-9H,3,5,7,15H2,1H3. The summed E-state index contributed by atoms with van der Waals surface area (Å²) < 4.78 is 2.43. The molecule has 0 fully saturated rings. The van der Waals surface area contributed by atoms with Gasteiger partial charge in [-0.3, -0.25) is 0 Å². The molecule has 0 spiro atoms. The van der Waals surface area contributed by atoms with Crippen LogP contribution in [0.2, 0.25) is 0 Å². The maximum atomic E-state index is 2.90. The zero-order chi connectivity index (χ0) is 10.4. The van der Waals surface area contributed by atoms with Crippen LogP contribution < -0.4 is 0 Å². The largest absolute Gasteiger partial charge is 0.347 e. The number of nitrogens with zero attached hydrogens (tertiary/aromatic N) is 1. The molecule has 2 heteroatoms. The molecular weight excluding hydrogens is 201 g/mol.